The van der Waals surface area contributed by atoms with E-state index in [9.17, 15) is 0 Å². The van der Waals surface area contributed by atoms with Crippen molar-refractivity contribution in [3.8, 4) is 0 Å². The van der Waals surface area contributed by atoms with Crippen molar-refractivity contribution < 1.29 is 0 Å². The number of imidazole rings is 1. The summed E-state index contributed by atoms with van der Waals surface area (Å²) < 4.78 is 4.67. The lowest BCUT2D eigenvalue weighted by molar-refractivity contribution is 0.393. The third kappa shape index (κ3) is 3.73. The molecule has 1 aromatic carbocycles. The number of hydrogen-bond acceptors (Lipinski definition) is 1. The molecule has 0 N–H and O–H groups in total. The Morgan fingerprint density at radius 2 is 2.00 bits per heavy atom. The Morgan fingerprint density at radius 3 is 2.81 bits per heavy atom. The molecule has 3 aromatic rings. The summed E-state index contributed by atoms with van der Waals surface area (Å²) >= 11 is 0. The number of nitrogens with zero attached hydrogens (tertiary/aromatic N) is 3. The third-order valence-corrected chi connectivity index (χ3v) is 5.79. The van der Waals surface area contributed by atoms with Gasteiger partial charge in [0.25, 0.3) is 0 Å². The maximum atomic E-state index is 4.53. The van der Waals surface area contributed by atoms with Crippen LogP contribution in [-0.4, -0.2) is 14.1 Å². The Hall–Kier alpha value is -2.29. The van der Waals surface area contributed by atoms with Crippen LogP contribution in [0.5, 0.6) is 0 Å². The molecule has 2 aromatic heterocycles. The smallest absolute Gasteiger partial charge is 0.0958 e. The second-order valence-corrected chi connectivity index (χ2v) is 8.77. The van der Waals surface area contributed by atoms with Crippen molar-refractivity contribution in [3.05, 3.63) is 59.7 Å². The van der Waals surface area contributed by atoms with Gasteiger partial charge in [-0.2, -0.15) is 0 Å². The fourth-order valence-electron chi connectivity index (χ4n) is 4.61. The standard InChI is InChI=1S/C24H31N3/c1-17(2)11-20-15-26(4)24-13-19(9-10-21(20)24)12-18(3)14-27-16-25-22-7-5-6-8-23(22)27/h5-10,15-19H,11-14H2,1-4H3. The average molecular weight is 362 g/mol. The molecule has 27 heavy (non-hydrogen) atoms. The molecule has 4 rings (SSSR count). The van der Waals surface area contributed by atoms with E-state index in [1.165, 1.54) is 35.2 Å². The number of fused-ring (bicyclic) bond motifs is 2. The Morgan fingerprint density at radius 1 is 1.19 bits per heavy atom. The quantitative estimate of drug-likeness (QED) is 0.569. The lowest BCUT2D eigenvalue weighted by Crippen LogP contribution is -2.16. The molecule has 0 bridgehead atoms. The zero-order valence-corrected chi connectivity index (χ0v) is 17.0. The zero-order chi connectivity index (χ0) is 19.0. The number of rotatable bonds is 6. The van der Waals surface area contributed by atoms with Gasteiger partial charge in [0.2, 0.25) is 0 Å². The molecule has 142 valence electrons. The van der Waals surface area contributed by atoms with Crippen LogP contribution in [0, 0.1) is 17.8 Å². The lowest BCUT2D eigenvalue weighted by atomic mass is 9.85. The van der Waals surface area contributed by atoms with Crippen molar-refractivity contribution in [2.24, 2.45) is 24.8 Å². The number of aromatic nitrogens is 3. The van der Waals surface area contributed by atoms with Gasteiger partial charge in [-0.1, -0.05) is 45.1 Å². The highest BCUT2D eigenvalue weighted by atomic mass is 15.0. The number of hydrogen-bond donors (Lipinski definition) is 0. The zero-order valence-electron chi connectivity index (χ0n) is 17.0. The van der Waals surface area contributed by atoms with Crippen molar-refractivity contribution in [2.75, 3.05) is 0 Å². The van der Waals surface area contributed by atoms with E-state index >= 15 is 0 Å². The summed E-state index contributed by atoms with van der Waals surface area (Å²) in [5.74, 6) is 1.95. The van der Waals surface area contributed by atoms with E-state index in [1.807, 2.05) is 6.33 Å². The minimum Gasteiger partial charge on any atom is -0.354 e. The molecule has 0 saturated carbocycles. The van der Waals surface area contributed by atoms with Crippen LogP contribution in [-0.2, 0) is 26.4 Å². The van der Waals surface area contributed by atoms with Crippen molar-refractivity contribution in [1.82, 2.24) is 14.1 Å². The fourth-order valence-corrected chi connectivity index (χ4v) is 4.61. The Bertz CT molecular complexity index is 957. The third-order valence-electron chi connectivity index (χ3n) is 5.79. The van der Waals surface area contributed by atoms with Crippen LogP contribution in [0.1, 0.15) is 44.0 Å². The van der Waals surface area contributed by atoms with E-state index in [0.717, 1.165) is 18.5 Å². The SMILES string of the molecule is CC(C)Cc1cn(C)c2c1C=CC(CC(C)Cn1cnc3ccccc31)C2. The van der Waals surface area contributed by atoms with Gasteiger partial charge in [0.05, 0.1) is 17.4 Å². The molecule has 0 aliphatic heterocycles. The van der Waals surface area contributed by atoms with Crippen LogP contribution < -0.4 is 0 Å². The maximum Gasteiger partial charge on any atom is 0.0958 e. The molecule has 3 nitrogen and oxygen atoms in total. The van der Waals surface area contributed by atoms with E-state index < -0.39 is 0 Å². The monoisotopic (exact) mass is 361 g/mol. The summed E-state index contributed by atoms with van der Waals surface area (Å²) in [5, 5.41) is 0. The van der Waals surface area contributed by atoms with Gasteiger partial charge in [0, 0.05) is 25.5 Å². The summed E-state index contributed by atoms with van der Waals surface area (Å²) in [6, 6.07) is 8.41. The molecule has 0 amide bonds. The van der Waals surface area contributed by atoms with Crippen LogP contribution in [0.4, 0.5) is 0 Å². The fraction of sp³-hybridized carbons (Fsp3) is 0.458. The molecule has 0 saturated heterocycles. The largest absolute Gasteiger partial charge is 0.354 e. The second-order valence-electron chi connectivity index (χ2n) is 8.77. The normalized spacial score (nSPS) is 17.6. The Kier molecular flexibility index (Phi) is 4.94. The van der Waals surface area contributed by atoms with Crippen molar-refractivity contribution in [2.45, 2.75) is 46.6 Å². The van der Waals surface area contributed by atoms with Gasteiger partial charge >= 0.3 is 0 Å². The van der Waals surface area contributed by atoms with Gasteiger partial charge in [-0.25, -0.2) is 4.98 Å². The highest BCUT2D eigenvalue weighted by molar-refractivity contribution is 5.74. The summed E-state index contributed by atoms with van der Waals surface area (Å²) in [5.41, 5.74) is 6.84. The van der Waals surface area contributed by atoms with Gasteiger partial charge in [-0.3, -0.25) is 0 Å². The Labute approximate surface area is 162 Å². The minimum atomic E-state index is 0.620. The second kappa shape index (κ2) is 7.38. The van der Waals surface area contributed by atoms with Crippen molar-refractivity contribution in [1.29, 1.82) is 0 Å². The van der Waals surface area contributed by atoms with Gasteiger partial charge < -0.3 is 9.13 Å². The first kappa shape index (κ1) is 18.1. The lowest BCUT2D eigenvalue weighted by Gasteiger charge is -2.23. The predicted molar refractivity (Wildman–Crippen MR) is 114 cm³/mol. The topological polar surface area (TPSA) is 22.8 Å². The summed E-state index contributed by atoms with van der Waals surface area (Å²) in [6.07, 6.45) is 12.7. The first-order valence-corrected chi connectivity index (χ1v) is 10.3. The molecule has 0 radical (unpaired) electrons. The molecule has 0 fully saturated rings. The van der Waals surface area contributed by atoms with Gasteiger partial charge in [0.1, 0.15) is 0 Å². The molecule has 3 heteroatoms. The highest BCUT2D eigenvalue weighted by Gasteiger charge is 2.22. The van der Waals surface area contributed by atoms with Crippen LogP contribution in [0.15, 0.2) is 42.9 Å². The average Bonchev–Trinajstić information content (AvgIpc) is 3.16. The van der Waals surface area contributed by atoms with Crippen molar-refractivity contribution >= 4 is 17.1 Å². The number of para-hydroxylation sites is 2. The van der Waals surface area contributed by atoms with Crippen LogP contribution in [0.25, 0.3) is 17.1 Å². The maximum absolute atomic E-state index is 4.53. The number of allylic oxidation sites excluding steroid dienone is 1. The number of aryl methyl sites for hydroxylation is 1. The number of benzene rings is 1. The van der Waals surface area contributed by atoms with E-state index in [2.05, 4.69) is 84.6 Å². The van der Waals surface area contributed by atoms with Crippen LogP contribution in [0.3, 0.4) is 0 Å². The molecule has 2 unspecified atom stereocenters. The highest BCUT2D eigenvalue weighted by Crippen LogP contribution is 2.31. The molecular weight excluding hydrogens is 330 g/mol. The van der Waals surface area contributed by atoms with E-state index in [1.54, 1.807) is 0 Å². The van der Waals surface area contributed by atoms with E-state index in [0.29, 0.717) is 17.8 Å². The molecule has 1 aliphatic carbocycles. The molecule has 0 spiro atoms. The van der Waals surface area contributed by atoms with Gasteiger partial charge in [-0.15, -0.1) is 0 Å². The van der Waals surface area contributed by atoms with Crippen LogP contribution >= 0.6 is 0 Å². The predicted octanol–water partition coefficient (Wildman–Crippen LogP) is 5.49. The van der Waals surface area contributed by atoms with Gasteiger partial charge in [0.15, 0.2) is 0 Å². The first-order valence-electron chi connectivity index (χ1n) is 10.3. The molecule has 1 aliphatic rings. The van der Waals surface area contributed by atoms with Crippen LogP contribution in [0.2, 0.25) is 0 Å². The first-order chi connectivity index (χ1) is 13.0. The van der Waals surface area contributed by atoms with E-state index in [4.69, 9.17) is 0 Å². The molecular formula is C24H31N3. The minimum absolute atomic E-state index is 0.620. The van der Waals surface area contributed by atoms with Gasteiger partial charge in [-0.05, 0) is 60.3 Å². The summed E-state index contributed by atoms with van der Waals surface area (Å²) in [7, 11) is 2.21. The van der Waals surface area contributed by atoms with Crippen molar-refractivity contribution in [3.63, 3.8) is 0 Å². The summed E-state index contributed by atoms with van der Waals surface area (Å²) in [4.78, 5) is 4.53. The molecule has 2 atom stereocenters. The van der Waals surface area contributed by atoms with E-state index in [-0.39, 0.29) is 0 Å². The summed E-state index contributed by atoms with van der Waals surface area (Å²) in [6.45, 7) is 8.00. The Balaban J connectivity index is 1.44. The molecule has 2 heterocycles.